The Morgan fingerprint density at radius 3 is 2.71 bits per heavy atom. The van der Waals surface area contributed by atoms with Gasteiger partial charge in [-0.3, -0.25) is 0 Å². The number of nitrogens with two attached hydrogens (primary N) is 1. The molecule has 0 saturated heterocycles. The lowest BCUT2D eigenvalue weighted by atomic mass is 10.1. The molecule has 1 fully saturated rings. The standard InChI is InChI=1S/C15H24N2O3S/c1-2-11-8-9-12(16)10-15(11)21(19,20)17-13-6-4-3-5-7-14(13)18/h8-10,13-14,17-18H,2-7,16H2,1H3. The Hall–Kier alpha value is -1.11. The van der Waals surface area contributed by atoms with Gasteiger partial charge in [0.1, 0.15) is 0 Å². The molecule has 5 nitrogen and oxygen atoms in total. The lowest BCUT2D eigenvalue weighted by Crippen LogP contribution is -2.42. The number of hydrogen-bond acceptors (Lipinski definition) is 4. The Balaban J connectivity index is 2.27. The van der Waals surface area contributed by atoms with E-state index in [9.17, 15) is 13.5 Å². The monoisotopic (exact) mass is 312 g/mol. The van der Waals surface area contributed by atoms with Crippen LogP contribution in [0.2, 0.25) is 0 Å². The van der Waals surface area contributed by atoms with Gasteiger partial charge in [0.15, 0.2) is 0 Å². The average Bonchev–Trinajstić information content (AvgIpc) is 2.64. The van der Waals surface area contributed by atoms with Crippen molar-refractivity contribution in [2.24, 2.45) is 0 Å². The predicted octanol–water partition coefficient (Wildman–Crippen LogP) is 1.80. The summed E-state index contributed by atoms with van der Waals surface area (Å²) in [6.45, 7) is 1.91. The van der Waals surface area contributed by atoms with E-state index >= 15 is 0 Å². The van der Waals surface area contributed by atoms with E-state index in [0.717, 1.165) is 24.8 Å². The average molecular weight is 312 g/mol. The van der Waals surface area contributed by atoms with E-state index in [1.54, 1.807) is 12.1 Å². The van der Waals surface area contributed by atoms with Crippen LogP contribution in [0.25, 0.3) is 0 Å². The molecule has 2 rings (SSSR count). The number of hydrogen-bond donors (Lipinski definition) is 3. The molecular weight excluding hydrogens is 288 g/mol. The first-order chi connectivity index (χ1) is 9.94. The number of rotatable bonds is 4. The van der Waals surface area contributed by atoms with Gasteiger partial charge in [-0.1, -0.05) is 32.3 Å². The highest BCUT2D eigenvalue weighted by atomic mass is 32.2. The summed E-state index contributed by atoms with van der Waals surface area (Å²) in [5.41, 5.74) is 6.88. The summed E-state index contributed by atoms with van der Waals surface area (Å²) in [5, 5.41) is 10.1. The second-order valence-electron chi connectivity index (χ2n) is 5.65. The maximum atomic E-state index is 12.6. The van der Waals surface area contributed by atoms with E-state index in [2.05, 4.69) is 4.72 Å². The number of aliphatic hydroxyl groups is 1. The van der Waals surface area contributed by atoms with Crippen molar-refractivity contribution in [3.8, 4) is 0 Å². The van der Waals surface area contributed by atoms with Crippen LogP contribution >= 0.6 is 0 Å². The van der Waals surface area contributed by atoms with Crippen LogP contribution in [0.15, 0.2) is 23.1 Å². The van der Waals surface area contributed by atoms with Crippen molar-refractivity contribution < 1.29 is 13.5 Å². The zero-order chi connectivity index (χ0) is 15.5. The lowest BCUT2D eigenvalue weighted by molar-refractivity contribution is 0.130. The minimum absolute atomic E-state index is 0.224. The van der Waals surface area contributed by atoms with Gasteiger partial charge in [-0.15, -0.1) is 0 Å². The molecule has 1 aromatic carbocycles. The lowest BCUT2D eigenvalue weighted by Gasteiger charge is -2.22. The third-order valence-electron chi connectivity index (χ3n) is 4.05. The third-order valence-corrected chi connectivity index (χ3v) is 5.62. The zero-order valence-corrected chi connectivity index (χ0v) is 13.2. The summed E-state index contributed by atoms with van der Waals surface area (Å²) in [6.07, 6.45) is 4.22. The van der Waals surface area contributed by atoms with Crippen molar-refractivity contribution in [2.75, 3.05) is 5.73 Å². The van der Waals surface area contributed by atoms with E-state index in [1.807, 2.05) is 6.92 Å². The Labute approximate surface area is 126 Å². The van der Waals surface area contributed by atoms with Crippen LogP contribution in [0.1, 0.15) is 44.6 Å². The number of anilines is 1. The van der Waals surface area contributed by atoms with E-state index in [0.29, 0.717) is 24.9 Å². The van der Waals surface area contributed by atoms with Crippen LogP contribution in [-0.2, 0) is 16.4 Å². The van der Waals surface area contributed by atoms with Gasteiger partial charge in [-0.25, -0.2) is 13.1 Å². The first-order valence-corrected chi connectivity index (χ1v) is 9.01. The van der Waals surface area contributed by atoms with Crippen molar-refractivity contribution in [3.05, 3.63) is 23.8 Å². The maximum absolute atomic E-state index is 12.6. The second kappa shape index (κ2) is 6.77. The van der Waals surface area contributed by atoms with Gasteiger partial charge in [0.25, 0.3) is 0 Å². The molecule has 6 heteroatoms. The molecule has 4 N–H and O–H groups in total. The molecule has 0 radical (unpaired) electrons. The summed E-state index contributed by atoms with van der Waals surface area (Å²) in [6, 6.07) is 4.53. The van der Waals surface area contributed by atoms with Crippen LogP contribution in [0.3, 0.4) is 0 Å². The molecule has 1 aliphatic rings. The van der Waals surface area contributed by atoms with Crippen molar-refractivity contribution in [3.63, 3.8) is 0 Å². The van der Waals surface area contributed by atoms with E-state index in [4.69, 9.17) is 5.73 Å². The fourth-order valence-corrected chi connectivity index (χ4v) is 4.45. The van der Waals surface area contributed by atoms with Gasteiger partial charge in [0.2, 0.25) is 10.0 Å². The highest BCUT2D eigenvalue weighted by Crippen LogP contribution is 2.23. The topological polar surface area (TPSA) is 92.4 Å². The minimum Gasteiger partial charge on any atom is -0.399 e. The molecular formula is C15H24N2O3S. The molecule has 0 heterocycles. The van der Waals surface area contributed by atoms with Crippen LogP contribution in [0.5, 0.6) is 0 Å². The second-order valence-corrected chi connectivity index (χ2v) is 7.34. The van der Waals surface area contributed by atoms with E-state index < -0.39 is 22.2 Å². The SMILES string of the molecule is CCc1ccc(N)cc1S(=O)(=O)NC1CCCCCC1O. The highest BCUT2D eigenvalue weighted by molar-refractivity contribution is 7.89. The summed E-state index contributed by atoms with van der Waals surface area (Å²) >= 11 is 0. The smallest absolute Gasteiger partial charge is 0.241 e. The van der Waals surface area contributed by atoms with Gasteiger partial charge in [0, 0.05) is 11.7 Å². The minimum atomic E-state index is -3.66. The molecule has 2 atom stereocenters. The van der Waals surface area contributed by atoms with Gasteiger partial charge in [-0.2, -0.15) is 0 Å². The van der Waals surface area contributed by atoms with Crippen LogP contribution in [0.4, 0.5) is 5.69 Å². The number of sulfonamides is 1. The van der Waals surface area contributed by atoms with Crippen LogP contribution < -0.4 is 10.5 Å². The molecule has 21 heavy (non-hydrogen) atoms. The zero-order valence-electron chi connectivity index (χ0n) is 12.4. The van der Waals surface area contributed by atoms with Crippen molar-refractivity contribution in [1.82, 2.24) is 4.72 Å². The number of benzene rings is 1. The first-order valence-electron chi connectivity index (χ1n) is 7.53. The Morgan fingerprint density at radius 1 is 1.29 bits per heavy atom. The summed E-state index contributed by atoms with van der Waals surface area (Å²) in [7, 11) is -3.66. The predicted molar refractivity (Wildman–Crippen MR) is 83.4 cm³/mol. The summed E-state index contributed by atoms with van der Waals surface area (Å²) < 4.78 is 27.9. The maximum Gasteiger partial charge on any atom is 0.241 e. The van der Waals surface area contributed by atoms with Crippen LogP contribution in [-0.4, -0.2) is 25.7 Å². The molecule has 0 amide bonds. The fourth-order valence-electron chi connectivity index (χ4n) is 2.80. The number of aliphatic hydroxyl groups excluding tert-OH is 1. The van der Waals surface area contributed by atoms with Crippen molar-refractivity contribution in [1.29, 1.82) is 0 Å². The number of nitrogen functional groups attached to an aromatic ring is 1. The fraction of sp³-hybridized carbons (Fsp3) is 0.600. The summed E-state index contributed by atoms with van der Waals surface area (Å²) in [5.74, 6) is 0. The Morgan fingerprint density at radius 2 is 2.00 bits per heavy atom. The molecule has 1 saturated carbocycles. The van der Waals surface area contributed by atoms with Crippen molar-refractivity contribution >= 4 is 15.7 Å². The normalized spacial score (nSPS) is 23.7. The molecule has 118 valence electrons. The number of nitrogens with one attached hydrogen (secondary N) is 1. The molecule has 1 aromatic rings. The molecule has 0 bridgehead atoms. The molecule has 2 unspecified atom stereocenters. The van der Waals surface area contributed by atoms with Gasteiger partial charge < -0.3 is 10.8 Å². The van der Waals surface area contributed by atoms with Gasteiger partial charge in [-0.05, 0) is 37.0 Å². The van der Waals surface area contributed by atoms with Gasteiger partial charge >= 0.3 is 0 Å². The molecule has 0 aromatic heterocycles. The third kappa shape index (κ3) is 3.96. The quantitative estimate of drug-likeness (QED) is 0.584. The Kier molecular flexibility index (Phi) is 5.24. The van der Waals surface area contributed by atoms with Crippen molar-refractivity contribution in [2.45, 2.75) is 62.5 Å². The van der Waals surface area contributed by atoms with Crippen LogP contribution in [0, 0.1) is 0 Å². The first kappa shape index (κ1) is 16.3. The number of aryl methyl sites for hydroxylation is 1. The van der Waals surface area contributed by atoms with Gasteiger partial charge in [0.05, 0.1) is 11.0 Å². The molecule has 1 aliphatic carbocycles. The largest absolute Gasteiger partial charge is 0.399 e. The Bertz CT molecular complexity index is 587. The molecule has 0 spiro atoms. The van der Waals surface area contributed by atoms with E-state index in [1.165, 1.54) is 6.07 Å². The van der Waals surface area contributed by atoms with E-state index in [-0.39, 0.29) is 4.90 Å². The highest BCUT2D eigenvalue weighted by Gasteiger charge is 2.28. The molecule has 0 aliphatic heterocycles. The summed E-state index contributed by atoms with van der Waals surface area (Å²) in [4.78, 5) is 0.224.